The minimum absolute atomic E-state index is 0.0560. The number of halogens is 3. The molecule has 2 rings (SSSR count). The lowest BCUT2D eigenvalue weighted by atomic mass is 10.1. The molecule has 0 unspecified atom stereocenters. The van der Waals surface area contributed by atoms with Crippen molar-refractivity contribution in [3.8, 4) is 0 Å². The standard InChI is InChI=1S/C14H13F3N2O/c1-18-8-7-9-5-6-10-11(14(15,16)17)3-2-4-12(10)19-13(9)20/h2-6,18H,7-8H2,1H3. The van der Waals surface area contributed by atoms with Crippen LogP contribution in [0.1, 0.15) is 11.1 Å². The molecule has 0 radical (unpaired) electrons. The van der Waals surface area contributed by atoms with E-state index in [4.69, 9.17) is 0 Å². The van der Waals surface area contributed by atoms with Gasteiger partial charge in [0.1, 0.15) is 0 Å². The van der Waals surface area contributed by atoms with Gasteiger partial charge in [-0.1, -0.05) is 18.2 Å². The predicted octanol–water partition coefficient (Wildman–Crippen LogP) is 2.38. The van der Waals surface area contributed by atoms with E-state index in [1.165, 1.54) is 24.3 Å². The molecule has 1 aromatic heterocycles. The average molecular weight is 282 g/mol. The van der Waals surface area contributed by atoms with Gasteiger partial charge in [0.05, 0.1) is 11.1 Å². The van der Waals surface area contributed by atoms with Crippen LogP contribution in [0.2, 0.25) is 0 Å². The number of aromatic nitrogens is 1. The predicted molar refractivity (Wildman–Crippen MR) is 70.6 cm³/mol. The van der Waals surface area contributed by atoms with Crippen molar-refractivity contribution >= 4 is 10.9 Å². The smallest absolute Gasteiger partial charge is 0.319 e. The topological polar surface area (TPSA) is 42.0 Å². The van der Waals surface area contributed by atoms with Crippen LogP contribution in [0, 0.1) is 0 Å². The maximum Gasteiger partial charge on any atom is 0.417 e. The monoisotopic (exact) mass is 282 g/mol. The van der Waals surface area contributed by atoms with Crippen LogP contribution in [0.15, 0.2) is 35.1 Å². The highest BCUT2D eigenvalue weighted by Crippen LogP contribution is 2.33. The number of hydrogen-bond donors (Lipinski definition) is 1. The molecule has 3 nitrogen and oxygen atoms in total. The van der Waals surface area contributed by atoms with Crippen LogP contribution in [0.4, 0.5) is 13.2 Å². The number of nitrogens with one attached hydrogen (secondary N) is 1. The van der Waals surface area contributed by atoms with Crippen molar-refractivity contribution in [2.75, 3.05) is 13.6 Å². The summed E-state index contributed by atoms with van der Waals surface area (Å²) in [5.41, 5.74) is -0.823. The summed E-state index contributed by atoms with van der Waals surface area (Å²) in [6, 6.07) is 6.39. The SMILES string of the molecule is CNCCc1ccc2c(C(F)(F)F)cccc2nc1=O. The lowest BCUT2D eigenvalue weighted by molar-refractivity contribution is -0.136. The summed E-state index contributed by atoms with van der Waals surface area (Å²) in [6.45, 7) is 0.559. The molecular formula is C14H13F3N2O. The largest absolute Gasteiger partial charge is 0.417 e. The maximum atomic E-state index is 12.9. The van der Waals surface area contributed by atoms with Crippen LogP contribution in [0.3, 0.4) is 0 Å². The summed E-state index contributed by atoms with van der Waals surface area (Å²) in [4.78, 5) is 15.7. The van der Waals surface area contributed by atoms with E-state index in [2.05, 4.69) is 10.3 Å². The quantitative estimate of drug-likeness (QED) is 0.939. The van der Waals surface area contributed by atoms with Gasteiger partial charge in [-0.05, 0) is 32.1 Å². The number of benzene rings is 1. The Morgan fingerprint density at radius 3 is 2.60 bits per heavy atom. The molecule has 0 aliphatic rings. The minimum Gasteiger partial charge on any atom is -0.319 e. The second-order valence-corrected chi connectivity index (χ2v) is 4.37. The Balaban J connectivity index is 2.68. The molecule has 1 N–H and O–H groups in total. The van der Waals surface area contributed by atoms with E-state index in [0.717, 1.165) is 6.07 Å². The Labute approximate surface area is 113 Å². The van der Waals surface area contributed by atoms with Gasteiger partial charge < -0.3 is 5.32 Å². The van der Waals surface area contributed by atoms with E-state index in [1.54, 1.807) is 7.05 Å². The molecule has 0 aliphatic heterocycles. The van der Waals surface area contributed by atoms with Crippen molar-refractivity contribution in [2.45, 2.75) is 12.6 Å². The van der Waals surface area contributed by atoms with Crippen molar-refractivity contribution < 1.29 is 13.2 Å². The second-order valence-electron chi connectivity index (χ2n) is 4.37. The van der Waals surface area contributed by atoms with Crippen LogP contribution in [-0.2, 0) is 12.6 Å². The number of nitrogens with zero attached hydrogens (tertiary/aromatic N) is 1. The molecule has 1 heterocycles. The van der Waals surface area contributed by atoms with Gasteiger partial charge in [-0.2, -0.15) is 13.2 Å². The zero-order chi connectivity index (χ0) is 14.8. The van der Waals surface area contributed by atoms with Crippen LogP contribution in [-0.4, -0.2) is 18.6 Å². The van der Waals surface area contributed by atoms with Gasteiger partial charge in [-0.15, -0.1) is 0 Å². The number of fused-ring (bicyclic) bond motifs is 1. The summed E-state index contributed by atoms with van der Waals surface area (Å²) in [5.74, 6) is 0. The Morgan fingerprint density at radius 2 is 1.95 bits per heavy atom. The van der Waals surface area contributed by atoms with Gasteiger partial charge in [0.25, 0.3) is 5.56 Å². The Kier molecular flexibility index (Phi) is 4.04. The van der Waals surface area contributed by atoms with Crippen molar-refractivity contribution in [3.05, 3.63) is 51.8 Å². The minimum atomic E-state index is -4.47. The van der Waals surface area contributed by atoms with Crippen LogP contribution in [0.25, 0.3) is 10.9 Å². The van der Waals surface area contributed by atoms with Crippen LogP contribution in [0.5, 0.6) is 0 Å². The lowest BCUT2D eigenvalue weighted by Gasteiger charge is -2.07. The molecule has 0 fully saturated rings. The number of alkyl halides is 3. The highest BCUT2D eigenvalue weighted by molar-refractivity contribution is 5.82. The van der Waals surface area contributed by atoms with E-state index in [-0.39, 0.29) is 10.9 Å². The molecule has 2 aromatic rings. The maximum absolute atomic E-state index is 12.9. The molecule has 0 saturated heterocycles. The van der Waals surface area contributed by atoms with Crippen LogP contribution < -0.4 is 10.9 Å². The molecule has 0 atom stereocenters. The molecule has 1 aromatic carbocycles. The third kappa shape index (κ3) is 2.96. The normalized spacial score (nSPS) is 11.8. The molecule has 0 aliphatic carbocycles. The van der Waals surface area contributed by atoms with Gasteiger partial charge in [-0.3, -0.25) is 4.79 Å². The fourth-order valence-electron chi connectivity index (χ4n) is 1.96. The Hall–Kier alpha value is -1.95. The molecular weight excluding hydrogens is 269 g/mol. The van der Waals surface area contributed by atoms with Gasteiger partial charge in [0, 0.05) is 10.9 Å². The zero-order valence-corrected chi connectivity index (χ0v) is 10.8. The summed E-state index contributed by atoms with van der Waals surface area (Å²) >= 11 is 0. The molecule has 6 heteroatoms. The average Bonchev–Trinajstić information content (AvgIpc) is 2.53. The van der Waals surface area contributed by atoms with Crippen molar-refractivity contribution in [2.24, 2.45) is 0 Å². The molecule has 20 heavy (non-hydrogen) atoms. The number of hydrogen-bond acceptors (Lipinski definition) is 3. The lowest BCUT2D eigenvalue weighted by Crippen LogP contribution is -2.16. The highest BCUT2D eigenvalue weighted by atomic mass is 19.4. The third-order valence-electron chi connectivity index (χ3n) is 2.98. The van der Waals surface area contributed by atoms with Crippen LogP contribution >= 0.6 is 0 Å². The second kappa shape index (κ2) is 5.58. The molecule has 0 amide bonds. The first-order chi connectivity index (χ1) is 9.43. The zero-order valence-electron chi connectivity index (χ0n) is 10.8. The van der Waals surface area contributed by atoms with Crippen molar-refractivity contribution in [3.63, 3.8) is 0 Å². The van der Waals surface area contributed by atoms with Gasteiger partial charge in [-0.25, -0.2) is 4.98 Å². The van der Waals surface area contributed by atoms with Gasteiger partial charge >= 0.3 is 6.18 Å². The Bertz CT molecular complexity index is 683. The van der Waals surface area contributed by atoms with Gasteiger partial charge in [0.15, 0.2) is 0 Å². The summed E-state index contributed by atoms with van der Waals surface area (Å²) < 4.78 is 38.8. The highest BCUT2D eigenvalue weighted by Gasteiger charge is 2.32. The van der Waals surface area contributed by atoms with E-state index in [1.807, 2.05) is 0 Å². The molecule has 0 bridgehead atoms. The van der Waals surface area contributed by atoms with E-state index in [0.29, 0.717) is 18.5 Å². The van der Waals surface area contributed by atoms with E-state index < -0.39 is 17.3 Å². The third-order valence-corrected chi connectivity index (χ3v) is 2.98. The molecule has 0 spiro atoms. The van der Waals surface area contributed by atoms with Gasteiger partial charge in [0.2, 0.25) is 0 Å². The number of rotatable bonds is 3. The Morgan fingerprint density at radius 1 is 1.20 bits per heavy atom. The van der Waals surface area contributed by atoms with Crippen molar-refractivity contribution in [1.82, 2.24) is 10.3 Å². The fourth-order valence-corrected chi connectivity index (χ4v) is 1.96. The molecule has 0 saturated carbocycles. The van der Waals surface area contributed by atoms with E-state index in [9.17, 15) is 18.0 Å². The summed E-state index contributed by atoms with van der Waals surface area (Å²) in [6.07, 6.45) is -4.05. The fraction of sp³-hybridized carbons (Fsp3) is 0.286. The first-order valence-electron chi connectivity index (χ1n) is 6.08. The number of likely N-dealkylation sites (N-methyl/N-ethyl adjacent to an activating group) is 1. The summed E-state index contributed by atoms with van der Waals surface area (Å²) in [7, 11) is 1.74. The summed E-state index contributed by atoms with van der Waals surface area (Å²) in [5, 5.41) is 2.82. The molecule has 106 valence electrons. The first kappa shape index (κ1) is 14.5. The van der Waals surface area contributed by atoms with Crippen molar-refractivity contribution in [1.29, 1.82) is 0 Å². The van der Waals surface area contributed by atoms with E-state index >= 15 is 0 Å². The first-order valence-corrected chi connectivity index (χ1v) is 6.08.